The van der Waals surface area contributed by atoms with Crippen LogP contribution in [0.3, 0.4) is 0 Å². The van der Waals surface area contributed by atoms with Gasteiger partial charge in [0.15, 0.2) is 6.10 Å². The van der Waals surface area contributed by atoms with Crippen LogP contribution in [0.4, 0.5) is 5.69 Å². The van der Waals surface area contributed by atoms with Crippen LogP contribution in [0.1, 0.15) is 54.5 Å². The molecule has 1 atom stereocenters. The van der Waals surface area contributed by atoms with Crippen LogP contribution in [0, 0.1) is 20.8 Å². The summed E-state index contributed by atoms with van der Waals surface area (Å²) in [7, 11) is 0. The van der Waals surface area contributed by atoms with Gasteiger partial charge in [0.25, 0.3) is 5.91 Å². The summed E-state index contributed by atoms with van der Waals surface area (Å²) < 4.78 is 11.0. The summed E-state index contributed by atoms with van der Waals surface area (Å²) in [4.78, 5) is 25.1. The smallest absolute Gasteiger partial charge is 0.311 e. The molecule has 5 heteroatoms. The van der Waals surface area contributed by atoms with Crippen molar-refractivity contribution in [1.29, 1.82) is 0 Å². The number of hydrogen-bond acceptors (Lipinski definition) is 4. The number of furan rings is 1. The number of ether oxygens (including phenoxy) is 1. The average molecular weight is 408 g/mol. The SMILES string of the molecule is Cc1cc2occ(CC(=O)O[C@H](C)C(=O)Nc3c(C)cccc3C(C)C)c2cc1C. The molecule has 3 rings (SSSR count). The fourth-order valence-corrected chi connectivity index (χ4v) is 3.49. The molecule has 2 aromatic carbocycles. The van der Waals surface area contributed by atoms with E-state index in [1.807, 2.05) is 51.1 Å². The van der Waals surface area contributed by atoms with Crippen LogP contribution in [-0.4, -0.2) is 18.0 Å². The van der Waals surface area contributed by atoms with E-state index in [0.717, 1.165) is 44.5 Å². The van der Waals surface area contributed by atoms with E-state index in [0.29, 0.717) is 0 Å². The Bertz CT molecular complexity index is 1090. The molecule has 1 aromatic heterocycles. The molecule has 0 aliphatic carbocycles. The molecule has 0 spiro atoms. The Kier molecular flexibility index (Phi) is 6.30. The van der Waals surface area contributed by atoms with E-state index in [1.54, 1.807) is 13.2 Å². The lowest BCUT2D eigenvalue weighted by Gasteiger charge is -2.19. The molecular weight excluding hydrogens is 378 g/mol. The van der Waals surface area contributed by atoms with Crippen molar-refractivity contribution >= 4 is 28.5 Å². The number of anilines is 1. The van der Waals surface area contributed by atoms with Crippen LogP contribution in [0.15, 0.2) is 41.0 Å². The van der Waals surface area contributed by atoms with E-state index in [1.165, 1.54) is 0 Å². The van der Waals surface area contributed by atoms with E-state index in [4.69, 9.17) is 9.15 Å². The zero-order valence-corrected chi connectivity index (χ0v) is 18.5. The molecule has 0 aliphatic rings. The topological polar surface area (TPSA) is 68.5 Å². The minimum atomic E-state index is -0.903. The molecule has 3 aromatic rings. The first-order chi connectivity index (χ1) is 14.2. The first-order valence-electron chi connectivity index (χ1n) is 10.2. The summed E-state index contributed by atoms with van der Waals surface area (Å²) in [6, 6.07) is 9.90. The van der Waals surface area contributed by atoms with Crippen LogP contribution in [0.5, 0.6) is 0 Å². The molecule has 0 bridgehead atoms. The quantitative estimate of drug-likeness (QED) is 0.541. The summed E-state index contributed by atoms with van der Waals surface area (Å²) >= 11 is 0. The van der Waals surface area contributed by atoms with Gasteiger partial charge < -0.3 is 14.5 Å². The van der Waals surface area contributed by atoms with Crippen LogP contribution in [0.2, 0.25) is 0 Å². The van der Waals surface area contributed by atoms with Gasteiger partial charge in [-0.15, -0.1) is 0 Å². The standard InChI is InChI=1S/C25H29NO4/c1-14(2)20-9-7-8-15(3)24(20)26-25(28)18(6)30-23(27)12-19-13-29-22-11-17(5)16(4)10-21(19)22/h7-11,13-14,18H,12H2,1-6H3,(H,26,28)/t18-/m1/s1. The molecule has 0 aliphatic heterocycles. The molecular formula is C25H29NO4. The highest BCUT2D eigenvalue weighted by Gasteiger charge is 2.21. The number of fused-ring (bicyclic) bond motifs is 1. The highest BCUT2D eigenvalue weighted by atomic mass is 16.5. The van der Waals surface area contributed by atoms with Gasteiger partial charge in [-0.25, -0.2) is 0 Å². The van der Waals surface area contributed by atoms with Crippen molar-refractivity contribution in [2.75, 3.05) is 5.32 Å². The van der Waals surface area contributed by atoms with E-state index in [-0.39, 0.29) is 18.2 Å². The number of amides is 1. The molecule has 0 saturated heterocycles. The minimum Gasteiger partial charge on any atom is -0.464 e. The molecule has 1 heterocycles. The maximum Gasteiger partial charge on any atom is 0.311 e. The maximum absolute atomic E-state index is 12.7. The molecule has 5 nitrogen and oxygen atoms in total. The van der Waals surface area contributed by atoms with Crippen molar-refractivity contribution in [2.45, 2.75) is 60.0 Å². The summed E-state index contributed by atoms with van der Waals surface area (Å²) in [6.07, 6.45) is 0.728. The summed E-state index contributed by atoms with van der Waals surface area (Å²) in [5, 5.41) is 3.83. The monoisotopic (exact) mass is 407 g/mol. The Balaban J connectivity index is 1.68. The van der Waals surface area contributed by atoms with Gasteiger partial charge in [0.05, 0.1) is 12.7 Å². The van der Waals surface area contributed by atoms with Gasteiger partial charge in [-0.05, 0) is 68.0 Å². The molecule has 0 radical (unpaired) electrons. The van der Waals surface area contributed by atoms with Crippen LogP contribution >= 0.6 is 0 Å². The normalized spacial score (nSPS) is 12.2. The summed E-state index contributed by atoms with van der Waals surface area (Å²) in [5.41, 5.74) is 6.57. The highest BCUT2D eigenvalue weighted by Crippen LogP contribution is 2.28. The Morgan fingerprint density at radius 2 is 1.73 bits per heavy atom. The second-order valence-corrected chi connectivity index (χ2v) is 8.19. The van der Waals surface area contributed by atoms with Crippen LogP contribution in [-0.2, 0) is 20.7 Å². The Morgan fingerprint density at radius 1 is 1.03 bits per heavy atom. The largest absolute Gasteiger partial charge is 0.464 e. The first-order valence-corrected chi connectivity index (χ1v) is 10.2. The first kappa shape index (κ1) is 21.6. The predicted molar refractivity (Wildman–Crippen MR) is 119 cm³/mol. The highest BCUT2D eigenvalue weighted by molar-refractivity contribution is 5.97. The zero-order chi connectivity index (χ0) is 22.0. The van der Waals surface area contributed by atoms with Crippen molar-refractivity contribution in [2.24, 2.45) is 0 Å². The molecule has 30 heavy (non-hydrogen) atoms. The van der Waals surface area contributed by atoms with Crippen molar-refractivity contribution in [3.8, 4) is 0 Å². The lowest BCUT2D eigenvalue weighted by atomic mass is 9.98. The number of aryl methyl sites for hydroxylation is 3. The number of nitrogens with one attached hydrogen (secondary N) is 1. The van der Waals surface area contributed by atoms with Gasteiger partial charge in [0.2, 0.25) is 0 Å². The van der Waals surface area contributed by atoms with Crippen LogP contribution < -0.4 is 5.32 Å². The van der Waals surface area contributed by atoms with Crippen molar-refractivity contribution in [3.63, 3.8) is 0 Å². The molecule has 1 N–H and O–H groups in total. The van der Waals surface area contributed by atoms with E-state index >= 15 is 0 Å². The van der Waals surface area contributed by atoms with Gasteiger partial charge >= 0.3 is 5.97 Å². The number of hydrogen-bond donors (Lipinski definition) is 1. The summed E-state index contributed by atoms with van der Waals surface area (Å²) in [6.45, 7) is 11.7. The number of benzene rings is 2. The van der Waals surface area contributed by atoms with Crippen LogP contribution in [0.25, 0.3) is 11.0 Å². The van der Waals surface area contributed by atoms with E-state index in [9.17, 15) is 9.59 Å². The number of carbonyl (C=O) groups excluding carboxylic acids is 2. The Hall–Kier alpha value is -3.08. The molecule has 1 amide bonds. The fraction of sp³-hybridized carbons (Fsp3) is 0.360. The Morgan fingerprint density at radius 3 is 2.43 bits per heavy atom. The minimum absolute atomic E-state index is 0.0503. The molecule has 0 fully saturated rings. The average Bonchev–Trinajstić information content (AvgIpc) is 3.04. The number of para-hydroxylation sites is 1. The van der Waals surface area contributed by atoms with Crippen molar-refractivity contribution < 1.29 is 18.7 Å². The van der Waals surface area contributed by atoms with Gasteiger partial charge in [-0.3, -0.25) is 9.59 Å². The molecule has 158 valence electrons. The fourth-order valence-electron chi connectivity index (χ4n) is 3.49. The third-order valence-corrected chi connectivity index (χ3v) is 5.46. The van der Waals surface area contributed by atoms with E-state index < -0.39 is 12.1 Å². The second-order valence-electron chi connectivity index (χ2n) is 8.19. The number of esters is 1. The molecule has 0 saturated carbocycles. The van der Waals surface area contributed by atoms with Crippen molar-refractivity contribution in [3.05, 3.63) is 64.4 Å². The molecule has 0 unspecified atom stereocenters. The predicted octanol–water partition coefficient (Wildman–Crippen LogP) is 5.59. The third kappa shape index (κ3) is 4.56. The van der Waals surface area contributed by atoms with Gasteiger partial charge in [-0.2, -0.15) is 0 Å². The number of carbonyl (C=O) groups is 2. The summed E-state index contributed by atoms with van der Waals surface area (Å²) in [5.74, 6) is -0.546. The lowest BCUT2D eigenvalue weighted by Crippen LogP contribution is -2.31. The zero-order valence-electron chi connectivity index (χ0n) is 18.5. The van der Waals surface area contributed by atoms with Crippen molar-refractivity contribution in [1.82, 2.24) is 0 Å². The lowest BCUT2D eigenvalue weighted by molar-refractivity contribution is -0.152. The maximum atomic E-state index is 12.7. The van der Waals surface area contributed by atoms with Gasteiger partial charge in [0.1, 0.15) is 5.58 Å². The van der Waals surface area contributed by atoms with Gasteiger partial charge in [0, 0.05) is 16.6 Å². The van der Waals surface area contributed by atoms with E-state index in [2.05, 4.69) is 19.2 Å². The second kappa shape index (κ2) is 8.74. The Labute approximate surface area is 177 Å². The van der Waals surface area contributed by atoms with Gasteiger partial charge in [-0.1, -0.05) is 32.0 Å². The number of rotatable bonds is 6. The third-order valence-electron chi connectivity index (χ3n) is 5.46.